The van der Waals surface area contributed by atoms with Crippen molar-refractivity contribution in [2.24, 2.45) is 10.9 Å². The monoisotopic (exact) mass is 255 g/mol. The minimum Gasteiger partial charge on any atom is -0.409 e. The molecule has 0 saturated carbocycles. The Balaban J connectivity index is 3.10. The summed E-state index contributed by atoms with van der Waals surface area (Å²) < 4.78 is 18.4. The van der Waals surface area contributed by atoms with Crippen LogP contribution in [-0.2, 0) is 9.53 Å². The quantitative estimate of drug-likeness (QED) is 0.322. The van der Waals surface area contributed by atoms with Gasteiger partial charge in [-0.3, -0.25) is 4.79 Å². The zero-order valence-electron chi connectivity index (χ0n) is 9.98. The summed E-state index contributed by atoms with van der Waals surface area (Å²) in [6.07, 6.45) is -0.701. The molecule has 6 nitrogen and oxygen atoms in total. The van der Waals surface area contributed by atoms with Gasteiger partial charge in [-0.25, -0.2) is 4.39 Å². The van der Waals surface area contributed by atoms with Crippen LogP contribution in [0.15, 0.2) is 23.4 Å². The summed E-state index contributed by atoms with van der Waals surface area (Å²) in [5.74, 6) is -1.59. The number of ether oxygens (including phenoxy) is 1. The van der Waals surface area contributed by atoms with Gasteiger partial charge >= 0.3 is 0 Å². The van der Waals surface area contributed by atoms with E-state index in [2.05, 4.69) is 10.5 Å². The number of amides is 1. The van der Waals surface area contributed by atoms with Gasteiger partial charge in [0.15, 0.2) is 5.84 Å². The fourth-order valence-corrected chi connectivity index (χ4v) is 1.28. The highest BCUT2D eigenvalue weighted by Gasteiger charge is 2.17. The zero-order chi connectivity index (χ0) is 13.7. The molecule has 0 aliphatic heterocycles. The van der Waals surface area contributed by atoms with Crippen molar-refractivity contribution in [2.75, 3.05) is 12.4 Å². The molecular weight excluding hydrogens is 241 g/mol. The Kier molecular flexibility index (Phi) is 4.61. The minimum absolute atomic E-state index is 0.110. The van der Waals surface area contributed by atoms with Crippen LogP contribution in [0, 0.1) is 5.82 Å². The maximum absolute atomic E-state index is 13.6. The summed E-state index contributed by atoms with van der Waals surface area (Å²) in [6, 6.07) is 3.98. The number of oxime groups is 1. The average Bonchev–Trinajstić information content (AvgIpc) is 2.37. The van der Waals surface area contributed by atoms with E-state index >= 15 is 0 Å². The highest BCUT2D eigenvalue weighted by molar-refractivity contribution is 6.06. The van der Waals surface area contributed by atoms with Crippen molar-refractivity contribution in [3.63, 3.8) is 0 Å². The summed E-state index contributed by atoms with van der Waals surface area (Å²) in [7, 11) is 1.38. The Morgan fingerprint density at radius 2 is 2.28 bits per heavy atom. The number of rotatable bonds is 4. The van der Waals surface area contributed by atoms with Gasteiger partial charge < -0.3 is 21.0 Å². The van der Waals surface area contributed by atoms with Gasteiger partial charge in [0.25, 0.3) is 5.91 Å². The number of carbonyl (C=O) groups excluding carboxylic acids is 1. The lowest BCUT2D eigenvalue weighted by atomic mass is 10.1. The van der Waals surface area contributed by atoms with E-state index in [-0.39, 0.29) is 11.3 Å². The van der Waals surface area contributed by atoms with Crippen molar-refractivity contribution in [3.8, 4) is 0 Å². The number of hydrogen-bond acceptors (Lipinski definition) is 4. The average molecular weight is 255 g/mol. The summed E-state index contributed by atoms with van der Waals surface area (Å²) in [5, 5.41) is 13.8. The number of anilines is 1. The van der Waals surface area contributed by atoms with E-state index < -0.39 is 23.7 Å². The van der Waals surface area contributed by atoms with Crippen molar-refractivity contribution in [2.45, 2.75) is 13.0 Å². The number of nitrogens with zero attached hydrogens (tertiary/aromatic N) is 1. The first-order valence-corrected chi connectivity index (χ1v) is 5.11. The predicted molar refractivity (Wildman–Crippen MR) is 64.0 cm³/mol. The van der Waals surface area contributed by atoms with Crippen LogP contribution in [-0.4, -0.2) is 30.2 Å². The fourth-order valence-electron chi connectivity index (χ4n) is 1.28. The van der Waals surface area contributed by atoms with E-state index in [0.29, 0.717) is 0 Å². The Labute approximate surface area is 103 Å². The molecule has 0 saturated heterocycles. The molecule has 0 heterocycles. The topological polar surface area (TPSA) is 96.9 Å². The summed E-state index contributed by atoms with van der Waals surface area (Å²) >= 11 is 0. The number of halogens is 1. The standard InChI is InChI=1S/C11H14FN3O3/c1-6(18-2)11(16)14-8-5-3-4-7(12)9(8)10(13)15-17/h3-6,17H,1-2H3,(H2,13,15)(H,14,16). The second kappa shape index (κ2) is 5.97. The van der Waals surface area contributed by atoms with Gasteiger partial charge in [0.05, 0.1) is 11.3 Å². The number of methoxy groups -OCH3 is 1. The third-order valence-electron chi connectivity index (χ3n) is 2.36. The predicted octanol–water partition coefficient (Wildman–Crippen LogP) is 0.894. The molecule has 1 unspecified atom stereocenters. The molecule has 18 heavy (non-hydrogen) atoms. The zero-order valence-corrected chi connectivity index (χ0v) is 9.98. The minimum atomic E-state index is -0.701. The first-order valence-electron chi connectivity index (χ1n) is 5.11. The summed E-state index contributed by atoms with van der Waals surface area (Å²) in [6.45, 7) is 1.54. The van der Waals surface area contributed by atoms with Gasteiger partial charge in [-0.05, 0) is 19.1 Å². The van der Waals surface area contributed by atoms with Crippen LogP contribution in [0.25, 0.3) is 0 Å². The van der Waals surface area contributed by atoms with Gasteiger partial charge in [0.2, 0.25) is 0 Å². The molecular formula is C11H14FN3O3. The van der Waals surface area contributed by atoms with Crippen molar-refractivity contribution in [1.29, 1.82) is 0 Å². The lowest BCUT2D eigenvalue weighted by Crippen LogP contribution is -2.28. The number of nitrogens with two attached hydrogens (primary N) is 1. The van der Waals surface area contributed by atoms with Crippen molar-refractivity contribution >= 4 is 17.4 Å². The number of amidine groups is 1. The van der Waals surface area contributed by atoms with Crippen LogP contribution in [0.4, 0.5) is 10.1 Å². The molecule has 0 spiro atoms. The molecule has 1 rings (SSSR count). The van der Waals surface area contributed by atoms with Gasteiger partial charge in [-0.2, -0.15) is 0 Å². The number of nitrogens with one attached hydrogen (secondary N) is 1. The molecule has 0 aliphatic rings. The lowest BCUT2D eigenvalue weighted by molar-refractivity contribution is -0.124. The highest BCUT2D eigenvalue weighted by Crippen LogP contribution is 2.19. The van der Waals surface area contributed by atoms with Crippen molar-refractivity contribution < 1.29 is 19.1 Å². The molecule has 0 aromatic heterocycles. The fraction of sp³-hybridized carbons (Fsp3) is 0.273. The normalized spacial score (nSPS) is 13.2. The molecule has 98 valence electrons. The molecule has 1 aromatic rings. The van der Waals surface area contributed by atoms with Gasteiger partial charge in [0.1, 0.15) is 11.9 Å². The lowest BCUT2D eigenvalue weighted by Gasteiger charge is -2.13. The Morgan fingerprint density at radius 3 is 2.83 bits per heavy atom. The van der Waals surface area contributed by atoms with Crippen LogP contribution in [0.1, 0.15) is 12.5 Å². The summed E-state index contributed by atoms with van der Waals surface area (Å²) in [5.41, 5.74) is 5.30. The molecule has 0 radical (unpaired) electrons. The number of carbonyl (C=O) groups is 1. The number of benzene rings is 1. The van der Waals surface area contributed by atoms with E-state index in [4.69, 9.17) is 15.7 Å². The smallest absolute Gasteiger partial charge is 0.253 e. The highest BCUT2D eigenvalue weighted by atomic mass is 19.1. The molecule has 0 fully saturated rings. The van der Waals surface area contributed by atoms with Crippen LogP contribution in [0.3, 0.4) is 0 Å². The SMILES string of the molecule is COC(C)C(=O)Nc1cccc(F)c1/C(N)=N/O. The molecule has 1 amide bonds. The van der Waals surface area contributed by atoms with E-state index in [1.54, 1.807) is 0 Å². The molecule has 0 bridgehead atoms. The second-order valence-electron chi connectivity index (χ2n) is 3.51. The van der Waals surface area contributed by atoms with E-state index in [1.807, 2.05) is 0 Å². The molecule has 7 heteroatoms. The molecule has 1 atom stereocenters. The molecule has 4 N–H and O–H groups in total. The first-order chi connectivity index (χ1) is 8.51. The Hall–Kier alpha value is -2.15. The maximum Gasteiger partial charge on any atom is 0.253 e. The first kappa shape index (κ1) is 13.9. The van der Waals surface area contributed by atoms with Crippen LogP contribution < -0.4 is 11.1 Å². The van der Waals surface area contributed by atoms with E-state index in [1.165, 1.54) is 26.2 Å². The van der Waals surface area contributed by atoms with Crippen LogP contribution >= 0.6 is 0 Å². The van der Waals surface area contributed by atoms with E-state index in [0.717, 1.165) is 6.07 Å². The second-order valence-corrected chi connectivity index (χ2v) is 3.51. The van der Waals surface area contributed by atoms with Gasteiger partial charge in [-0.15, -0.1) is 0 Å². The third-order valence-corrected chi connectivity index (χ3v) is 2.36. The van der Waals surface area contributed by atoms with Crippen molar-refractivity contribution in [3.05, 3.63) is 29.6 Å². The molecule has 1 aromatic carbocycles. The summed E-state index contributed by atoms with van der Waals surface area (Å²) in [4.78, 5) is 11.6. The van der Waals surface area contributed by atoms with Crippen LogP contribution in [0.5, 0.6) is 0 Å². The number of hydrogen-bond donors (Lipinski definition) is 3. The molecule has 0 aliphatic carbocycles. The van der Waals surface area contributed by atoms with Crippen molar-refractivity contribution in [1.82, 2.24) is 0 Å². The largest absolute Gasteiger partial charge is 0.409 e. The van der Waals surface area contributed by atoms with Gasteiger partial charge in [0, 0.05) is 7.11 Å². The van der Waals surface area contributed by atoms with E-state index in [9.17, 15) is 9.18 Å². The van der Waals surface area contributed by atoms with Crippen LogP contribution in [0.2, 0.25) is 0 Å². The third kappa shape index (κ3) is 2.95. The van der Waals surface area contributed by atoms with Gasteiger partial charge in [-0.1, -0.05) is 11.2 Å². The maximum atomic E-state index is 13.6. The Morgan fingerprint density at radius 1 is 1.61 bits per heavy atom. The Bertz CT molecular complexity index is 477.